The predicted molar refractivity (Wildman–Crippen MR) is 124 cm³/mol. The van der Waals surface area contributed by atoms with Crippen LogP contribution < -0.4 is 5.32 Å². The Kier molecular flexibility index (Phi) is 6.12. The molecular formula is C25H25F2N3O3S. The van der Waals surface area contributed by atoms with Crippen molar-refractivity contribution in [1.82, 2.24) is 14.8 Å². The Balaban J connectivity index is 1.61. The predicted octanol–water partition coefficient (Wildman–Crippen LogP) is 4.87. The zero-order valence-electron chi connectivity index (χ0n) is 18.8. The molecule has 178 valence electrons. The van der Waals surface area contributed by atoms with Gasteiger partial charge in [-0.05, 0) is 61.1 Å². The molecule has 34 heavy (non-hydrogen) atoms. The van der Waals surface area contributed by atoms with E-state index in [4.69, 9.17) is 0 Å². The number of halogens is 2. The molecule has 0 saturated heterocycles. The van der Waals surface area contributed by atoms with E-state index in [9.17, 15) is 18.4 Å². The van der Waals surface area contributed by atoms with Crippen molar-refractivity contribution in [1.29, 1.82) is 0 Å². The highest BCUT2D eigenvalue weighted by Gasteiger charge is 2.36. The molecular weight excluding hydrogens is 460 g/mol. The Labute approximate surface area is 200 Å². The van der Waals surface area contributed by atoms with E-state index in [1.165, 1.54) is 29.7 Å². The lowest BCUT2D eigenvalue weighted by Gasteiger charge is -2.31. The van der Waals surface area contributed by atoms with Gasteiger partial charge in [-0.3, -0.25) is 4.79 Å². The minimum absolute atomic E-state index is 0.0326. The summed E-state index contributed by atoms with van der Waals surface area (Å²) in [6, 6.07) is 6.03. The average Bonchev–Trinajstić information content (AvgIpc) is 3.40. The number of aryl methyl sites for hydroxylation is 1. The zero-order chi connectivity index (χ0) is 23.8. The molecule has 1 atom stereocenters. The van der Waals surface area contributed by atoms with Gasteiger partial charge in [-0.25, -0.2) is 13.6 Å². The first-order valence-electron chi connectivity index (χ1n) is 11.3. The van der Waals surface area contributed by atoms with Crippen LogP contribution in [0, 0.1) is 11.6 Å². The molecule has 3 aromatic rings. The maximum absolute atomic E-state index is 14.3. The lowest BCUT2D eigenvalue weighted by atomic mass is 9.95. The lowest BCUT2D eigenvalue weighted by Crippen LogP contribution is -2.42. The number of carbonyl (C=O) groups excluding carboxylic acids is 2. The Bertz CT molecular complexity index is 1230. The summed E-state index contributed by atoms with van der Waals surface area (Å²) in [4.78, 5) is 28.0. The summed E-state index contributed by atoms with van der Waals surface area (Å²) in [5.74, 6) is -1.82. The highest BCUT2D eigenvalue weighted by molar-refractivity contribution is 7.15. The van der Waals surface area contributed by atoms with Crippen LogP contribution in [-0.2, 0) is 28.9 Å². The highest BCUT2D eigenvalue weighted by atomic mass is 32.1. The third-order valence-electron chi connectivity index (χ3n) is 6.47. The van der Waals surface area contributed by atoms with E-state index in [1.807, 2.05) is 22.9 Å². The minimum atomic E-state index is -0.711. The van der Waals surface area contributed by atoms with E-state index >= 15 is 0 Å². The number of fused-ring (bicyclic) bond motifs is 5. The van der Waals surface area contributed by atoms with E-state index in [-0.39, 0.29) is 13.0 Å². The number of rotatable bonds is 4. The number of amides is 2. The molecule has 0 radical (unpaired) electrons. The normalized spacial score (nSPS) is 16.8. The van der Waals surface area contributed by atoms with Gasteiger partial charge in [0.15, 0.2) is 0 Å². The van der Waals surface area contributed by atoms with Gasteiger partial charge in [0.2, 0.25) is 0 Å². The van der Waals surface area contributed by atoms with Crippen LogP contribution in [0.4, 0.5) is 13.6 Å². The van der Waals surface area contributed by atoms with E-state index in [1.54, 1.807) is 16.2 Å². The molecule has 1 aliphatic heterocycles. The van der Waals surface area contributed by atoms with Gasteiger partial charge in [0.05, 0.1) is 25.8 Å². The molecule has 3 heterocycles. The van der Waals surface area contributed by atoms with Gasteiger partial charge in [0, 0.05) is 29.2 Å². The molecule has 0 spiro atoms. The Morgan fingerprint density at radius 1 is 1.15 bits per heavy atom. The Hall–Kier alpha value is -3.20. The van der Waals surface area contributed by atoms with Crippen molar-refractivity contribution >= 4 is 23.3 Å². The van der Waals surface area contributed by atoms with Gasteiger partial charge >= 0.3 is 12.0 Å². The maximum atomic E-state index is 14.3. The molecule has 1 N–H and O–H groups in total. The molecule has 5 rings (SSSR count). The first-order chi connectivity index (χ1) is 16.5. The number of nitrogens with zero attached hydrogens (tertiary/aromatic N) is 2. The van der Waals surface area contributed by atoms with Crippen molar-refractivity contribution in [2.24, 2.45) is 0 Å². The van der Waals surface area contributed by atoms with Crippen LogP contribution in [0.2, 0.25) is 0 Å². The summed E-state index contributed by atoms with van der Waals surface area (Å²) in [7, 11) is 1.29. The number of benzene rings is 1. The van der Waals surface area contributed by atoms with E-state index in [2.05, 4.69) is 10.1 Å². The first kappa shape index (κ1) is 22.6. The molecule has 0 bridgehead atoms. The van der Waals surface area contributed by atoms with E-state index in [0.29, 0.717) is 12.1 Å². The topological polar surface area (TPSA) is 63.6 Å². The standard InChI is InChI=1S/C25H25F2N3O3S/c1-33-22(31)8-9-28-25(32)30-14-19-18-5-2-3-7-21(18)34-24(19)29-10-4-6-20(29)23(30)15-11-16(26)13-17(27)12-15/h4,6,10-13,23H,2-3,5,7-9,14H2,1H3,(H,28,32)/t23-/m0/s1. The monoisotopic (exact) mass is 485 g/mol. The summed E-state index contributed by atoms with van der Waals surface area (Å²) >= 11 is 1.74. The summed E-state index contributed by atoms with van der Waals surface area (Å²) in [6.45, 7) is 0.400. The number of esters is 1. The smallest absolute Gasteiger partial charge is 0.318 e. The van der Waals surface area contributed by atoms with Gasteiger partial charge in [-0.1, -0.05) is 0 Å². The third kappa shape index (κ3) is 4.09. The van der Waals surface area contributed by atoms with Crippen LogP contribution >= 0.6 is 11.3 Å². The second-order valence-corrected chi connectivity index (χ2v) is 9.67. The van der Waals surface area contributed by atoms with Crippen molar-refractivity contribution in [2.45, 2.75) is 44.7 Å². The van der Waals surface area contributed by atoms with Crippen LogP contribution in [0.25, 0.3) is 5.00 Å². The molecule has 2 aliphatic rings. The van der Waals surface area contributed by atoms with E-state index in [0.717, 1.165) is 48.0 Å². The highest BCUT2D eigenvalue weighted by Crippen LogP contribution is 2.44. The number of thiophene rings is 1. The molecule has 2 aromatic heterocycles. The minimum Gasteiger partial charge on any atom is -0.469 e. The Morgan fingerprint density at radius 3 is 2.68 bits per heavy atom. The van der Waals surface area contributed by atoms with Crippen LogP contribution in [0.3, 0.4) is 0 Å². The van der Waals surface area contributed by atoms with Gasteiger partial charge in [-0.2, -0.15) is 0 Å². The molecule has 9 heteroatoms. The number of ether oxygens (including phenoxy) is 1. The molecule has 1 aliphatic carbocycles. The Morgan fingerprint density at radius 2 is 1.91 bits per heavy atom. The first-order valence-corrected chi connectivity index (χ1v) is 12.2. The molecule has 0 unspecified atom stereocenters. The van der Waals surface area contributed by atoms with Crippen LogP contribution in [-0.4, -0.2) is 35.1 Å². The lowest BCUT2D eigenvalue weighted by molar-refractivity contribution is -0.140. The number of nitrogens with one attached hydrogen (secondary N) is 1. The summed E-state index contributed by atoms with van der Waals surface area (Å²) in [6.07, 6.45) is 6.19. The van der Waals surface area contributed by atoms with Gasteiger partial charge in [0.25, 0.3) is 0 Å². The number of hydrogen-bond donors (Lipinski definition) is 1. The summed E-state index contributed by atoms with van der Waals surface area (Å²) in [5, 5.41) is 3.85. The molecule has 1 aromatic carbocycles. The van der Waals surface area contributed by atoms with Gasteiger partial charge in [0.1, 0.15) is 22.7 Å². The van der Waals surface area contributed by atoms with Gasteiger partial charge in [-0.15, -0.1) is 11.3 Å². The van der Waals surface area contributed by atoms with E-state index < -0.39 is 29.7 Å². The van der Waals surface area contributed by atoms with Crippen LogP contribution in [0.15, 0.2) is 36.5 Å². The van der Waals surface area contributed by atoms with Crippen LogP contribution in [0.5, 0.6) is 0 Å². The van der Waals surface area contributed by atoms with Crippen molar-refractivity contribution in [3.05, 3.63) is 75.4 Å². The van der Waals surface area contributed by atoms with Crippen molar-refractivity contribution in [2.75, 3.05) is 13.7 Å². The van der Waals surface area contributed by atoms with Crippen molar-refractivity contribution in [3.8, 4) is 5.00 Å². The zero-order valence-corrected chi connectivity index (χ0v) is 19.6. The third-order valence-corrected chi connectivity index (χ3v) is 7.81. The number of hydrogen-bond acceptors (Lipinski definition) is 4. The van der Waals surface area contributed by atoms with Gasteiger partial charge < -0.3 is 19.5 Å². The fourth-order valence-electron chi connectivity index (χ4n) is 4.95. The number of methoxy groups -OCH3 is 1. The number of urea groups is 1. The molecule has 6 nitrogen and oxygen atoms in total. The maximum Gasteiger partial charge on any atom is 0.318 e. The second-order valence-electron chi connectivity index (χ2n) is 8.59. The van der Waals surface area contributed by atoms with Crippen molar-refractivity contribution < 1.29 is 23.1 Å². The second kappa shape index (κ2) is 9.21. The quantitative estimate of drug-likeness (QED) is 0.536. The fraction of sp³-hybridized carbons (Fsp3) is 0.360. The molecule has 0 fully saturated rings. The SMILES string of the molecule is COC(=O)CCNC(=O)N1Cc2c(sc3c2CCCC3)-n2cccc2[C@@H]1c1cc(F)cc(F)c1. The summed E-state index contributed by atoms with van der Waals surface area (Å²) in [5.41, 5.74) is 3.47. The molecule has 0 saturated carbocycles. The average molecular weight is 486 g/mol. The van der Waals surface area contributed by atoms with Crippen molar-refractivity contribution in [3.63, 3.8) is 0 Å². The number of aromatic nitrogens is 1. The van der Waals surface area contributed by atoms with Crippen LogP contribution in [0.1, 0.15) is 52.6 Å². The largest absolute Gasteiger partial charge is 0.469 e. The number of carbonyl (C=O) groups is 2. The molecule has 2 amide bonds. The fourth-order valence-corrected chi connectivity index (χ4v) is 6.35. The summed E-state index contributed by atoms with van der Waals surface area (Å²) < 4.78 is 35.2.